The third-order valence-corrected chi connectivity index (χ3v) is 3.43. The van der Waals surface area contributed by atoms with Crippen molar-refractivity contribution in [3.05, 3.63) is 40.7 Å². The van der Waals surface area contributed by atoms with Gasteiger partial charge in [0.05, 0.1) is 5.69 Å². The van der Waals surface area contributed by atoms with E-state index in [2.05, 4.69) is 4.98 Å². The van der Waals surface area contributed by atoms with Gasteiger partial charge in [-0.25, -0.2) is 9.37 Å². The topological polar surface area (TPSA) is 38.9 Å². The largest absolute Gasteiger partial charge is 0.330 e. The van der Waals surface area contributed by atoms with E-state index in [9.17, 15) is 4.39 Å². The lowest BCUT2D eigenvalue weighted by Gasteiger charge is -1.95. The molecule has 0 fully saturated rings. The Kier molecular flexibility index (Phi) is 3.31. The van der Waals surface area contributed by atoms with Gasteiger partial charge >= 0.3 is 0 Å². The lowest BCUT2D eigenvalue weighted by atomic mass is 10.2. The van der Waals surface area contributed by atoms with Crippen molar-refractivity contribution in [2.45, 2.75) is 13.3 Å². The van der Waals surface area contributed by atoms with E-state index in [-0.39, 0.29) is 5.82 Å². The predicted octanol–water partition coefficient (Wildman–Crippen LogP) is 2.76. The number of halogens is 1. The number of aryl methyl sites for hydroxylation is 1. The third kappa shape index (κ3) is 2.28. The first kappa shape index (κ1) is 11.2. The number of benzene rings is 1. The van der Waals surface area contributed by atoms with E-state index in [4.69, 9.17) is 5.73 Å². The number of rotatable bonds is 3. The molecule has 0 aliphatic carbocycles. The second-order valence-corrected chi connectivity index (χ2v) is 4.77. The average Bonchev–Trinajstić information content (AvgIpc) is 2.62. The van der Waals surface area contributed by atoms with Crippen molar-refractivity contribution in [3.63, 3.8) is 0 Å². The molecule has 1 aromatic heterocycles. The first-order valence-electron chi connectivity index (χ1n) is 5.13. The van der Waals surface area contributed by atoms with Crippen LogP contribution in [0.15, 0.2) is 24.3 Å². The Hall–Kier alpha value is -1.26. The van der Waals surface area contributed by atoms with Crippen molar-refractivity contribution in [3.8, 4) is 10.6 Å². The summed E-state index contributed by atoms with van der Waals surface area (Å²) in [4.78, 5) is 5.70. The second kappa shape index (κ2) is 4.72. The van der Waals surface area contributed by atoms with Crippen LogP contribution in [0.3, 0.4) is 0 Å². The number of nitrogens with zero attached hydrogens (tertiary/aromatic N) is 1. The van der Waals surface area contributed by atoms with Crippen LogP contribution in [-0.2, 0) is 6.42 Å². The molecule has 0 atom stereocenters. The van der Waals surface area contributed by atoms with Crippen molar-refractivity contribution in [1.82, 2.24) is 4.98 Å². The maximum atomic E-state index is 12.8. The Morgan fingerprint density at radius 3 is 2.62 bits per heavy atom. The summed E-state index contributed by atoms with van der Waals surface area (Å²) >= 11 is 1.62. The number of nitrogens with two attached hydrogens (primary N) is 1. The molecule has 0 unspecified atom stereocenters. The van der Waals surface area contributed by atoms with Gasteiger partial charge in [0.2, 0.25) is 0 Å². The smallest absolute Gasteiger partial charge is 0.123 e. The van der Waals surface area contributed by atoms with Crippen LogP contribution in [0.1, 0.15) is 10.6 Å². The maximum Gasteiger partial charge on any atom is 0.123 e. The van der Waals surface area contributed by atoms with E-state index in [0.717, 1.165) is 22.7 Å². The van der Waals surface area contributed by atoms with Crippen molar-refractivity contribution in [2.24, 2.45) is 5.73 Å². The normalized spacial score (nSPS) is 10.7. The SMILES string of the molecule is Cc1sc(-c2ccc(F)cc2)nc1CCN. The van der Waals surface area contributed by atoms with Gasteiger partial charge in [-0.05, 0) is 37.7 Å². The molecule has 2 rings (SSSR count). The molecule has 0 saturated carbocycles. The third-order valence-electron chi connectivity index (χ3n) is 2.36. The van der Waals surface area contributed by atoms with Gasteiger partial charge in [0.1, 0.15) is 10.8 Å². The molecule has 1 aromatic carbocycles. The van der Waals surface area contributed by atoms with Gasteiger partial charge in [-0.3, -0.25) is 0 Å². The van der Waals surface area contributed by atoms with Gasteiger partial charge < -0.3 is 5.73 Å². The molecule has 0 aliphatic heterocycles. The second-order valence-electron chi connectivity index (χ2n) is 3.57. The molecule has 2 N–H and O–H groups in total. The highest BCUT2D eigenvalue weighted by Gasteiger charge is 2.08. The van der Waals surface area contributed by atoms with Crippen LogP contribution >= 0.6 is 11.3 Å². The van der Waals surface area contributed by atoms with Crippen LogP contribution < -0.4 is 5.73 Å². The van der Waals surface area contributed by atoms with Crippen molar-refractivity contribution < 1.29 is 4.39 Å². The highest BCUT2D eigenvalue weighted by atomic mass is 32.1. The average molecular weight is 236 g/mol. The summed E-state index contributed by atoms with van der Waals surface area (Å²) in [5.74, 6) is -0.223. The summed E-state index contributed by atoms with van der Waals surface area (Å²) in [6, 6.07) is 6.41. The molecule has 0 aliphatic rings. The lowest BCUT2D eigenvalue weighted by molar-refractivity contribution is 0.628. The van der Waals surface area contributed by atoms with E-state index in [0.29, 0.717) is 6.54 Å². The van der Waals surface area contributed by atoms with E-state index in [1.54, 1.807) is 23.5 Å². The highest BCUT2D eigenvalue weighted by molar-refractivity contribution is 7.15. The summed E-state index contributed by atoms with van der Waals surface area (Å²) in [7, 11) is 0. The lowest BCUT2D eigenvalue weighted by Crippen LogP contribution is -2.03. The van der Waals surface area contributed by atoms with Crippen LogP contribution in [-0.4, -0.2) is 11.5 Å². The monoisotopic (exact) mass is 236 g/mol. The fourth-order valence-corrected chi connectivity index (χ4v) is 2.48. The quantitative estimate of drug-likeness (QED) is 0.890. The van der Waals surface area contributed by atoms with Gasteiger partial charge in [0.25, 0.3) is 0 Å². The number of hydrogen-bond acceptors (Lipinski definition) is 3. The zero-order valence-electron chi connectivity index (χ0n) is 9.03. The molecule has 16 heavy (non-hydrogen) atoms. The minimum absolute atomic E-state index is 0.223. The zero-order valence-corrected chi connectivity index (χ0v) is 9.85. The number of hydrogen-bond donors (Lipinski definition) is 1. The Labute approximate surface area is 97.9 Å². The molecule has 0 bridgehead atoms. The van der Waals surface area contributed by atoms with Crippen LogP contribution in [0.2, 0.25) is 0 Å². The predicted molar refractivity (Wildman–Crippen MR) is 65.0 cm³/mol. The Balaban J connectivity index is 2.33. The van der Waals surface area contributed by atoms with E-state index in [1.807, 2.05) is 6.92 Å². The molecule has 2 aromatic rings. The molecule has 4 heteroatoms. The van der Waals surface area contributed by atoms with Crippen molar-refractivity contribution in [2.75, 3.05) is 6.54 Å². The molecule has 2 nitrogen and oxygen atoms in total. The zero-order chi connectivity index (χ0) is 11.5. The number of aromatic nitrogens is 1. The summed E-state index contributed by atoms with van der Waals surface area (Å²) in [5, 5.41) is 0.931. The van der Waals surface area contributed by atoms with Gasteiger partial charge in [-0.2, -0.15) is 0 Å². The maximum absolute atomic E-state index is 12.8. The summed E-state index contributed by atoms with van der Waals surface area (Å²) < 4.78 is 12.8. The van der Waals surface area contributed by atoms with Gasteiger partial charge in [-0.15, -0.1) is 11.3 Å². The van der Waals surface area contributed by atoms with Crippen LogP contribution in [0.5, 0.6) is 0 Å². The van der Waals surface area contributed by atoms with Crippen molar-refractivity contribution >= 4 is 11.3 Å². The molecule has 0 spiro atoms. The van der Waals surface area contributed by atoms with Crippen LogP contribution in [0.25, 0.3) is 10.6 Å². The molecular weight excluding hydrogens is 223 g/mol. The Morgan fingerprint density at radius 1 is 1.31 bits per heavy atom. The highest BCUT2D eigenvalue weighted by Crippen LogP contribution is 2.27. The van der Waals surface area contributed by atoms with Gasteiger partial charge in [0, 0.05) is 16.9 Å². The van der Waals surface area contributed by atoms with Crippen molar-refractivity contribution in [1.29, 1.82) is 0 Å². The molecule has 84 valence electrons. The minimum Gasteiger partial charge on any atom is -0.330 e. The van der Waals surface area contributed by atoms with E-state index >= 15 is 0 Å². The summed E-state index contributed by atoms with van der Waals surface area (Å²) in [5.41, 5.74) is 7.52. The summed E-state index contributed by atoms with van der Waals surface area (Å²) in [6.45, 7) is 2.64. The molecule has 0 radical (unpaired) electrons. The van der Waals surface area contributed by atoms with E-state index < -0.39 is 0 Å². The standard InChI is InChI=1S/C12H13FN2S/c1-8-11(6-7-14)15-12(16-8)9-2-4-10(13)5-3-9/h2-5H,6-7,14H2,1H3. The minimum atomic E-state index is -0.223. The fraction of sp³-hybridized carbons (Fsp3) is 0.250. The Morgan fingerprint density at radius 2 is 2.00 bits per heavy atom. The molecule has 0 saturated heterocycles. The van der Waals surface area contributed by atoms with Gasteiger partial charge in [0.15, 0.2) is 0 Å². The number of thiazole rings is 1. The van der Waals surface area contributed by atoms with E-state index in [1.165, 1.54) is 17.0 Å². The summed E-state index contributed by atoms with van der Waals surface area (Å²) in [6.07, 6.45) is 0.795. The van der Waals surface area contributed by atoms with Crippen LogP contribution in [0, 0.1) is 12.7 Å². The van der Waals surface area contributed by atoms with Gasteiger partial charge in [-0.1, -0.05) is 0 Å². The molecule has 0 amide bonds. The first-order chi connectivity index (χ1) is 7.70. The molecule has 1 heterocycles. The Bertz CT molecular complexity index is 476. The fourth-order valence-electron chi connectivity index (χ4n) is 1.51. The van der Waals surface area contributed by atoms with Crippen LogP contribution in [0.4, 0.5) is 4.39 Å². The first-order valence-corrected chi connectivity index (χ1v) is 5.94. The molecular formula is C12H13FN2S.